The van der Waals surface area contributed by atoms with E-state index in [2.05, 4.69) is 49.5 Å². The summed E-state index contributed by atoms with van der Waals surface area (Å²) in [5.41, 5.74) is 6.45. The van der Waals surface area contributed by atoms with E-state index in [1.807, 2.05) is 12.1 Å². The Bertz CT molecular complexity index is 600. The van der Waals surface area contributed by atoms with Crippen molar-refractivity contribution >= 4 is 0 Å². The molecule has 0 radical (unpaired) electrons. The van der Waals surface area contributed by atoms with Crippen LogP contribution in [0.15, 0.2) is 42.5 Å². The summed E-state index contributed by atoms with van der Waals surface area (Å²) < 4.78 is 0. The van der Waals surface area contributed by atoms with E-state index in [0.717, 1.165) is 13.0 Å². The fourth-order valence-electron chi connectivity index (χ4n) is 3.16. The molecular weight excluding hydrogens is 246 g/mol. The Balaban J connectivity index is 1.79. The van der Waals surface area contributed by atoms with Crippen molar-refractivity contribution in [3.05, 3.63) is 70.3 Å². The lowest BCUT2D eigenvalue weighted by Gasteiger charge is -2.19. The Hall–Kier alpha value is -1.64. The third kappa shape index (κ3) is 2.37. The molecule has 0 unspecified atom stereocenters. The molecule has 1 aliphatic rings. The van der Waals surface area contributed by atoms with E-state index in [0.29, 0.717) is 0 Å². The maximum atomic E-state index is 10.3. The van der Waals surface area contributed by atoms with Crippen molar-refractivity contribution in [2.24, 2.45) is 0 Å². The topological polar surface area (TPSA) is 32.3 Å². The molecule has 0 fully saturated rings. The summed E-state index contributed by atoms with van der Waals surface area (Å²) in [6.45, 7) is 5.08. The van der Waals surface area contributed by atoms with Gasteiger partial charge in [-0.3, -0.25) is 0 Å². The molecule has 0 saturated carbocycles. The van der Waals surface area contributed by atoms with Crippen LogP contribution in [0.25, 0.3) is 0 Å². The zero-order chi connectivity index (χ0) is 14.1. The fourth-order valence-corrected chi connectivity index (χ4v) is 3.16. The summed E-state index contributed by atoms with van der Waals surface area (Å²) in [4.78, 5) is 0. The first-order chi connectivity index (χ1) is 9.66. The minimum absolute atomic E-state index is 0.0465. The lowest BCUT2D eigenvalue weighted by molar-refractivity contribution is 0.140. The van der Waals surface area contributed by atoms with Crippen molar-refractivity contribution in [3.63, 3.8) is 0 Å². The Kier molecular flexibility index (Phi) is 3.60. The highest BCUT2D eigenvalue weighted by molar-refractivity contribution is 5.37. The number of hydrogen-bond donors (Lipinski definition) is 2. The second-order valence-corrected chi connectivity index (χ2v) is 5.70. The van der Waals surface area contributed by atoms with Crippen LogP contribution in [0.4, 0.5) is 0 Å². The van der Waals surface area contributed by atoms with E-state index < -0.39 is 0 Å². The summed E-state index contributed by atoms with van der Waals surface area (Å²) in [5, 5.41) is 13.8. The first kappa shape index (κ1) is 13.3. The van der Waals surface area contributed by atoms with Gasteiger partial charge in [0, 0.05) is 13.0 Å². The van der Waals surface area contributed by atoms with E-state index in [1.54, 1.807) is 0 Å². The van der Waals surface area contributed by atoms with Crippen LogP contribution >= 0.6 is 0 Å². The normalized spacial score (nSPS) is 20.9. The van der Waals surface area contributed by atoms with E-state index in [1.165, 1.54) is 27.8 Å². The molecule has 2 nitrogen and oxygen atoms in total. The van der Waals surface area contributed by atoms with Gasteiger partial charge in [-0.15, -0.1) is 0 Å². The zero-order valence-electron chi connectivity index (χ0n) is 12.1. The number of aryl methyl sites for hydroxylation is 2. The molecule has 0 aromatic heterocycles. The molecular formula is C18H21NO. The zero-order valence-corrected chi connectivity index (χ0v) is 12.1. The molecule has 2 atom stereocenters. The van der Waals surface area contributed by atoms with Crippen molar-refractivity contribution in [2.45, 2.75) is 39.0 Å². The predicted octanol–water partition coefficient (Wildman–Crippen LogP) is 3.05. The van der Waals surface area contributed by atoms with Gasteiger partial charge in [-0.25, -0.2) is 0 Å². The van der Waals surface area contributed by atoms with Gasteiger partial charge in [0.2, 0.25) is 0 Å². The Labute approximate surface area is 120 Å². The van der Waals surface area contributed by atoms with Crippen LogP contribution in [-0.2, 0) is 13.0 Å². The number of nitrogens with one attached hydrogen (secondary N) is 1. The minimum atomic E-state index is -0.322. The SMILES string of the molecule is Cc1cccc(C)c1CN[C@@H]1c2ccccc2C[C@@H]1O. The fraction of sp³-hybridized carbons (Fsp3) is 0.333. The van der Waals surface area contributed by atoms with Crippen LogP contribution in [0.3, 0.4) is 0 Å². The molecule has 0 saturated heterocycles. The molecule has 104 valence electrons. The molecule has 0 aliphatic heterocycles. The second kappa shape index (κ2) is 5.39. The lowest BCUT2D eigenvalue weighted by atomic mass is 10.0. The Morgan fingerprint density at radius 3 is 2.50 bits per heavy atom. The molecule has 0 amide bonds. The van der Waals surface area contributed by atoms with Crippen LogP contribution in [0, 0.1) is 13.8 Å². The van der Waals surface area contributed by atoms with Crippen LogP contribution in [-0.4, -0.2) is 11.2 Å². The smallest absolute Gasteiger partial charge is 0.0775 e. The first-order valence-electron chi connectivity index (χ1n) is 7.21. The average molecular weight is 267 g/mol. The number of fused-ring (bicyclic) bond motifs is 1. The lowest BCUT2D eigenvalue weighted by Crippen LogP contribution is -2.28. The summed E-state index contributed by atoms with van der Waals surface area (Å²) in [6.07, 6.45) is 0.428. The van der Waals surface area contributed by atoms with E-state index >= 15 is 0 Å². The number of aliphatic hydroxyl groups excluding tert-OH is 1. The van der Waals surface area contributed by atoms with Crippen molar-refractivity contribution in [1.29, 1.82) is 0 Å². The standard InChI is InChI=1S/C18H21NO/c1-12-6-5-7-13(2)16(12)11-19-18-15-9-4-3-8-14(15)10-17(18)20/h3-9,17-20H,10-11H2,1-2H3/t17-,18+/m0/s1. The third-order valence-electron chi connectivity index (χ3n) is 4.35. The molecule has 0 spiro atoms. The largest absolute Gasteiger partial charge is 0.391 e. The highest BCUT2D eigenvalue weighted by atomic mass is 16.3. The second-order valence-electron chi connectivity index (χ2n) is 5.70. The summed E-state index contributed by atoms with van der Waals surface area (Å²) >= 11 is 0. The first-order valence-corrected chi connectivity index (χ1v) is 7.21. The molecule has 20 heavy (non-hydrogen) atoms. The van der Waals surface area contributed by atoms with Crippen molar-refractivity contribution < 1.29 is 5.11 Å². The van der Waals surface area contributed by atoms with Gasteiger partial charge in [-0.1, -0.05) is 42.5 Å². The maximum absolute atomic E-state index is 10.3. The monoisotopic (exact) mass is 267 g/mol. The van der Waals surface area contributed by atoms with Crippen molar-refractivity contribution in [3.8, 4) is 0 Å². The molecule has 0 bridgehead atoms. The Morgan fingerprint density at radius 1 is 1.05 bits per heavy atom. The van der Waals surface area contributed by atoms with Gasteiger partial charge in [0.15, 0.2) is 0 Å². The molecule has 2 heteroatoms. The number of benzene rings is 2. The van der Waals surface area contributed by atoms with Crippen molar-refractivity contribution in [1.82, 2.24) is 5.32 Å². The number of hydrogen-bond acceptors (Lipinski definition) is 2. The Morgan fingerprint density at radius 2 is 1.75 bits per heavy atom. The minimum Gasteiger partial charge on any atom is -0.391 e. The van der Waals surface area contributed by atoms with Crippen LogP contribution in [0.2, 0.25) is 0 Å². The van der Waals surface area contributed by atoms with E-state index in [-0.39, 0.29) is 12.1 Å². The molecule has 0 heterocycles. The highest BCUT2D eigenvalue weighted by Crippen LogP contribution is 2.31. The average Bonchev–Trinajstić information content (AvgIpc) is 2.74. The molecule has 3 rings (SSSR count). The number of aliphatic hydroxyl groups is 1. The van der Waals surface area contributed by atoms with Gasteiger partial charge >= 0.3 is 0 Å². The molecule has 1 aliphatic carbocycles. The van der Waals surface area contributed by atoms with Crippen LogP contribution in [0.5, 0.6) is 0 Å². The summed E-state index contributed by atoms with van der Waals surface area (Å²) in [6, 6.07) is 14.7. The van der Waals surface area contributed by atoms with E-state index in [9.17, 15) is 5.11 Å². The molecule has 2 N–H and O–H groups in total. The third-order valence-corrected chi connectivity index (χ3v) is 4.35. The summed E-state index contributed by atoms with van der Waals surface area (Å²) in [5.74, 6) is 0. The molecule has 2 aromatic carbocycles. The van der Waals surface area contributed by atoms with Gasteiger partial charge in [-0.05, 0) is 41.7 Å². The van der Waals surface area contributed by atoms with Gasteiger partial charge < -0.3 is 10.4 Å². The van der Waals surface area contributed by atoms with Gasteiger partial charge in [0.05, 0.1) is 12.1 Å². The van der Waals surface area contributed by atoms with Gasteiger partial charge in [0.1, 0.15) is 0 Å². The maximum Gasteiger partial charge on any atom is 0.0775 e. The van der Waals surface area contributed by atoms with Crippen molar-refractivity contribution in [2.75, 3.05) is 0 Å². The van der Waals surface area contributed by atoms with Crippen LogP contribution < -0.4 is 5.32 Å². The van der Waals surface area contributed by atoms with Crippen LogP contribution in [0.1, 0.15) is 33.9 Å². The highest BCUT2D eigenvalue weighted by Gasteiger charge is 2.30. The van der Waals surface area contributed by atoms with E-state index in [4.69, 9.17) is 0 Å². The van der Waals surface area contributed by atoms with Gasteiger partial charge in [0.25, 0.3) is 0 Å². The van der Waals surface area contributed by atoms with Gasteiger partial charge in [-0.2, -0.15) is 0 Å². The predicted molar refractivity (Wildman–Crippen MR) is 81.6 cm³/mol. The number of rotatable bonds is 3. The molecule has 2 aromatic rings. The summed E-state index contributed by atoms with van der Waals surface area (Å²) in [7, 11) is 0. The quantitative estimate of drug-likeness (QED) is 0.896.